The van der Waals surface area contributed by atoms with Crippen LogP contribution in [-0.4, -0.2) is 53.5 Å². The minimum atomic E-state index is -4.42. The van der Waals surface area contributed by atoms with Gasteiger partial charge in [0.05, 0.1) is 10.5 Å². The summed E-state index contributed by atoms with van der Waals surface area (Å²) in [5, 5.41) is 10.7. The van der Waals surface area contributed by atoms with Crippen molar-refractivity contribution in [3.05, 3.63) is 58.3 Å². The van der Waals surface area contributed by atoms with Crippen molar-refractivity contribution in [2.45, 2.75) is 6.18 Å². The molecular formula is C18H17F3N4O4. The number of carbonyl (C=O) groups excluding carboxylic acids is 1. The van der Waals surface area contributed by atoms with Gasteiger partial charge in [-0.3, -0.25) is 14.9 Å². The molecule has 0 atom stereocenters. The quantitative estimate of drug-likeness (QED) is 0.556. The molecular weight excluding hydrogens is 393 g/mol. The van der Waals surface area contributed by atoms with Gasteiger partial charge in [0.2, 0.25) is 0 Å². The first-order valence-electron chi connectivity index (χ1n) is 8.67. The number of carbonyl (C=O) groups is 1. The standard InChI is InChI=1S/C18H17F3N4O4/c19-18(20,21)13-1-4-15(5-2-13)29-12-17(26)24-9-7-23(8-10-24)16-6-3-14(11-22-16)25(27)28/h1-6,11H,7-10,12H2. The van der Waals surface area contributed by atoms with Crippen LogP contribution in [0.4, 0.5) is 24.7 Å². The maximum Gasteiger partial charge on any atom is 0.416 e. The van der Waals surface area contributed by atoms with Gasteiger partial charge in [0.15, 0.2) is 6.61 Å². The number of nitro groups is 1. The molecule has 1 fully saturated rings. The van der Waals surface area contributed by atoms with Gasteiger partial charge in [0, 0.05) is 32.2 Å². The average molecular weight is 410 g/mol. The van der Waals surface area contributed by atoms with Crippen molar-refractivity contribution in [3.63, 3.8) is 0 Å². The van der Waals surface area contributed by atoms with Crippen LogP contribution < -0.4 is 9.64 Å². The summed E-state index contributed by atoms with van der Waals surface area (Å²) < 4.78 is 42.9. The Hall–Kier alpha value is -3.37. The SMILES string of the molecule is O=C(COc1ccc(C(F)(F)F)cc1)N1CCN(c2ccc([N+](=O)[O-])cn2)CC1. The minimum absolute atomic E-state index is 0.0945. The predicted molar refractivity (Wildman–Crippen MR) is 96.6 cm³/mol. The molecule has 1 aromatic heterocycles. The van der Waals surface area contributed by atoms with Gasteiger partial charge >= 0.3 is 6.18 Å². The zero-order valence-electron chi connectivity index (χ0n) is 15.1. The van der Waals surface area contributed by atoms with Crippen LogP contribution in [0.25, 0.3) is 0 Å². The van der Waals surface area contributed by atoms with Crippen molar-refractivity contribution in [1.82, 2.24) is 9.88 Å². The number of hydrogen-bond acceptors (Lipinski definition) is 6. The summed E-state index contributed by atoms with van der Waals surface area (Å²) in [4.78, 5) is 30.0. The second-order valence-corrected chi connectivity index (χ2v) is 6.31. The Morgan fingerprint density at radius 1 is 1.10 bits per heavy atom. The Morgan fingerprint density at radius 2 is 1.76 bits per heavy atom. The fourth-order valence-electron chi connectivity index (χ4n) is 2.83. The Labute approximate surface area is 163 Å². The summed E-state index contributed by atoms with van der Waals surface area (Å²) in [6.45, 7) is 1.54. The van der Waals surface area contributed by atoms with Gasteiger partial charge in [-0.05, 0) is 30.3 Å². The number of halogens is 3. The number of pyridine rings is 1. The molecule has 0 spiro atoms. The lowest BCUT2D eigenvalue weighted by atomic mass is 10.2. The summed E-state index contributed by atoms with van der Waals surface area (Å²) in [5.41, 5.74) is -0.880. The van der Waals surface area contributed by atoms with Crippen molar-refractivity contribution in [3.8, 4) is 5.75 Å². The largest absolute Gasteiger partial charge is 0.484 e. The van der Waals surface area contributed by atoms with Crippen LogP contribution in [0.3, 0.4) is 0 Å². The predicted octanol–water partition coefficient (Wildman–Crippen LogP) is 2.74. The summed E-state index contributed by atoms with van der Waals surface area (Å²) in [6, 6.07) is 7.08. The monoisotopic (exact) mass is 410 g/mol. The van der Waals surface area contributed by atoms with E-state index in [-0.39, 0.29) is 24.0 Å². The Morgan fingerprint density at radius 3 is 2.28 bits per heavy atom. The molecule has 1 aromatic carbocycles. The topological polar surface area (TPSA) is 88.8 Å². The Balaban J connectivity index is 1.48. The molecule has 0 radical (unpaired) electrons. The molecule has 1 amide bonds. The summed E-state index contributed by atoms with van der Waals surface area (Å²) in [6.07, 6.45) is -3.24. The van der Waals surface area contributed by atoms with E-state index in [0.29, 0.717) is 32.0 Å². The van der Waals surface area contributed by atoms with Crippen molar-refractivity contribution in [2.24, 2.45) is 0 Å². The molecule has 2 heterocycles. The number of rotatable bonds is 5. The van der Waals surface area contributed by atoms with Gasteiger partial charge in [0.25, 0.3) is 11.6 Å². The van der Waals surface area contributed by atoms with Crippen LogP contribution >= 0.6 is 0 Å². The number of anilines is 1. The zero-order valence-corrected chi connectivity index (χ0v) is 15.1. The summed E-state index contributed by atoms with van der Waals surface area (Å²) in [5.74, 6) is 0.491. The van der Waals surface area contributed by atoms with E-state index in [2.05, 4.69) is 4.98 Å². The molecule has 11 heteroatoms. The van der Waals surface area contributed by atoms with Gasteiger partial charge in [0.1, 0.15) is 17.8 Å². The zero-order chi connectivity index (χ0) is 21.0. The number of nitrogens with zero attached hydrogens (tertiary/aromatic N) is 4. The molecule has 1 saturated heterocycles. The molecule has 29 heavy (non-hydrogen) atoms. The van der Waals surface area contributed by atoms with Crippen LogP contribution in [0.5, 0.6) is 5.75 Å². The van der Waals surface area contributed by atoms with Gasteiger partial charge in [-0.2, -0.15) is 13.2 Å². The first-order valence-corrected chi connectivity index (χ1v) is 8.67. The molecule has 0 saturated carbocycles. The number of aromatic nitrogens is 1. The number of amides is 1. The Kier molecular flexibility index (Phi) is 5.85. The molecule has 1 aliphatic rings. The third-order valence-electron chi connectivity index (χ3n) is 4.44. The van der Waals surface area contributed by atoms with Crippen LogP contribution in [-0.2, 0) is 11.0 Å². The van der Waals surface area contributed by atoms with Crippen LogP contribution in [0.1, 0.15) is 5.56 Å². The Bertz CT molecular complexity index is 864. The molecule has 2 aromatic rings. The molecule has 3 rings (SSSR count). The van der Waals surface area contributed by atoms with E-state index < -0.39 is 16.7 Å². The number of alkyl halides is 3. The molecule has 1 aliphatic heterocycles. The fourth-order valence-corrected chi connectivity index (χ4v) is 2.83. The van der Waals surface area contributed by atoms with Gasteiger partial charge < -0.3 is 14.5 Å². The molecule has 0 bridgehead atoms. The normalized spacial score (nSPS) is 14.6. The van der Waals surface area contributed by atoms with E-state index >= 15 is 0 Å². The van der Waals surface area contributed by atoms with E-state index in [0.717, 1.165) is 12.1 Å². The second-order valence-electron chi connectivity index (χ2n) is 6.31. The molecule has 0 unspecified atom stereocenters. The van der Waals surface area contributed by atoms with Crippen molar-refractivity contribution >= 4 is 17.4 Å². The highest BCUT2D eigenvalue weighted by molar-refractivity contribution is 5.78. The van der Waals surface area contributed by atoms with E-state index in [9.17, 15) is 28.1 Å². The van der Waals surface area contributed by atoms with Crippen LogP contribution in [0, 0.1) is 10.1 Å². The van der Waals surface area contributed by atoms with Crippen molar-refractivity contribution in [1.29, 1.82) is 0 Å². The first kappa shape index (κ1) is 20.4. The smallest absolute Gasteiger partial charge is 0.416 e. The number of piperazine rings is 1. The lowest BCUT2D eigenvalue weighted by Gasteiger charge is -2.35. The van der Waals surface area contributed by atoms with Crippen LogP contribution in [0.15, 0.2) is 42.6 Å². The average Bonchev–Trinajstić information content (AvgIpc) is 2.72. The number of hydrogen-bond donors (Lipinski definition) is 0. The highest BCUT2D eigenvalue weighted by Crippen LogP contribution is 2.30. The number of benzene rings is 1. The number of ether oxygens (including phenoxy) is 1. The minimum Gasteiger partial charge on any atom is -0.484 e. The molecule has 0 aliphatic carbocycles. The van der Waals surface area contributed by atoms with Crippen molar-refractivity contribution in [2.75, 3.05) is 37.7 Å². The molecule has 154 valence electrons. The highest BCUT2D eigenvalue weighted by Gasteiger charge is 2.30. The van der Waals surface area contributed by atoms with Crippen LogP contribution in [0.2, 0.25) is 0 Å². The maximum absolute atomic E-state index is 12.5. The van der Waals surface area contributed by atoms with Gasteiger partial charge in [-0.25, -0.2) is 4.98 Å². The van der Waals surface area contributed by atoms with E-state index in [1.165, 1.54) is 24.4 Å². The molecule has 0 N–H and O–H groups in total. The van der Waals surface area contributed by atoms with E-state index in [4.69, 9.17) is 4.74 Å². The summed E-state index contributed by atoms with van der Waals surface area (Å²) >= 11 is 0. The van der Waals surface area contributed by atoms with Gasteiger partial charge in [-0.1, -0.05) is 0 Å². The lowest BCUT2D eigenvalue weighted by Crippen LogP contribution is -2.50. The third-order valence-corrected chi connectivity index (χ3v) is 4.44. The van der Waals surface area contributed by atoms with E-state index in [1.807, 2.05) is 4.90 Å². The third kappa shape index (κ3) is 5.12. The van der Waals surface area contributed by atoms with Gasteiger partial charge in [-0.15, -0.1) is 0 Å². The molecule has 8 nitrogen and oxygen atoms in total. The lowest BCUT2D eigenvalue weighted by molar-refractivity contribution is -0.385. The first-order chi connectivity index (χ1) is 13.7. The second kappa shape index (κ2) is 8.33. The maximum atomic E-state index is 12.5. The van der Waals surface area contributed by atoms with E-state index in [1.54, 1.807) is 11.0 Å². The fraction of sp³-hybridized carbons (Fsp3) is 0.333. The summed E-state index contributed by atoms with van der Waals surface area (Å²) in [7, 11) is 0. The van der Waals surface area contributed by atoms with Crippen molar-refractivity contribution < 1.29 is 27.6 Å². The highest BCUT2D eigenvalue weighted by atomic mass is 19.4.